The molecule has 2 aromatic rings. The topological polar surface area (TPSA) is 71.4 Å². The number of rotatable bonds is 5. The number of nitrogens with one attached hydrogen (secondary N) is 1. The second-order valence-electron chi connectivity index (χ2n) is 4.39. The fraction of sp³-hybridized carbons (Fsp3) is 0.125. The van der Waals surface area contributed by atoms with Gasteiger partial charge in [-0.2, -0.15) is 14.0 Å². The lowest BCUT2D eigenvalue weighted by Crippen LogP contribution is -2.13. The van der Waals surface area contributed by atoms with E-state index >= 15 is 0 Å². The van der Waals surface area contributed by atoms with Crippen LogP contribution in [0.5, 0.6) is 5.75 Å². The smallest absolute Gasteiger partial charge is 0.411 e. The molecule has 0 atom stereocenters. The number of anilines is 1. The molecule has 1 N–H and O–H groups in total. The number of halogens is 2. The molecule has 0 heterocycles. The van der Waals surface area contributed by atoms with E-state index in [9.17, 15) is 13.6 Å². The van der Waals surface area contributed by atoms with Crippen LogP contribution in [0, 0.1) is 11.3 Å². The highest BCUT2D eigenvalue weighted by molar-refractivity contribution is 5.85. The van der Waals surface area contributed by atoms with Gasteiger partial charge in [0.05, 0.1) is 5.56 Å². The zero-order valence-corrected chi connectivity index (χ0v) is 11.8. The number of nitriles is 1. The average Bonchev–Trinajstić information content (AvgIpc) is 2.55. The largest absolute Gasteiger partial charge is 0.444 e. The van der Waals surface area contributed by atoms with E-state index in [1.807, 2.05) is 18.2 Å². The number of benzene rings is 2. The van der Waals surface area contributed by atoms with Gasteiger partial charge in [0, 0.05) is 5.69 Å². The summed E-state index contributed by atoms with van der Waals surface area (Å²) in [5.74, 6) is -0.259. The highest BCUT2D eigenvalue weighted by Crippen LogP contribution is 2.23. The molecule has 118 valence electrons. The first-order chi connectivity index (χ1) is 11.1. The minimum Gasteiger partial charge on any atom is -0.444 e. The predicted octanol–water partition coefficient (Wildman–Crippen LogP) is 3.91. The van der Waals surface area contributed by atoms with Gasteiger partial charge in [0.2, 0.25) is 0 Å². The summed E-state index contributed by atoms with van der Waals surface area (Å²) in [6, 6.07) is 14.5. The third-order valence-corrected chi connectivity index (χ3v) is 2.78. The summed E-state index contributed by atoms with van der Waals surface area (Å²) >= 11 is 0. The van der Waals surface area contributed by atoms with E-state index in [0.29, 0.717) is 0 Å². The average molecular weight is 318 g/mol. The molecule has 1 amide bonds. The Hall–Kier alpha value is -3.14. The maximum Gasteiger partial charge on any atom is 0.411 e. The molecule has 23 heavy (non-hydrogen) atoms. The van der Waals surface area contributed by atoms with Crippen LogP contribution in [0.2, 0.25) is 0 Å². The molecule has 0 aliphatic rings. The predicted molar refractivity (Wildman–Crippen MR) is 78.0 cm³/mol. The van der Waals surface area contributed by atoms with Gasteiger partial charge >= 0.3 is 12.7 Å². The summed E-state index contributed by atoms with van der Waals surface area (Å²) in [6.07, 6.45) is -0.722. The third kappa shape index (κ3) is 4.97. The molecule has 0 saturated heterocycles. The van der Waals surface area contributed by atoms with Crippen molar-refractivity contribution in [1.29, 1.82) is 5.26 Å². The summed E-state index contributed by atoms with van der Waals surface area (Å²) in [7, 11) is 0. The monoisotopic (exact) mass is 318 g/mol. The van der Waals surface area contributed by atoms with Crippen molar-refractivity contribution in [2.45, 2.75) is 13.2 Å². The molecule has 7 heteroatoms. The Morgan fingerprint density at radius 1 is 1.22 bits per heavy atom. The van der Waals surface area contributed by atoms with Crippen molar-refractivity contribution in [3.63, 3.8) is 0 Å². The third-order valence-electron chi connectivity index (χ3n) is 2.78. The van der Waals surface area contributed by atoms with Gasteiger partial charge in [-0.1, -0.05) is 30.3 Å². The molecule has 0 aromatic heterocycles. The molecule has 0 saturated carbocycles. The number of hydrogen-bond acceptors (Lipinski definition) is 4. The quantitative estimate of drug-likeness (QED) is 0.907. The SMILES string of the molecule is N#Cc1cc(NC(=O)OCc2ccccc2)ccc1OC(F)F. The van der Waals surface area contributed by atoms with E-state index in [0.717, 1.165) is 5.56 Å². The summed E-state index contributed by atoms with van der Waals surface area (Å²) in [6.45, 7) is -2.94. The molecule has 0 unspecified atom stereocenters. The fourth-order valence-electron chi connectivity index (χ4n) is 1.77. The summed E-state index contributed by atoms with van der Waals surface area (Å²) < 4.78 is 33.6. The van der Waals surface area contributed by atoms with E-state index in [1.165, 1.54) is 18.2 Å². The van der Waals surface area contributed by atoms with Gasteiger partial charge in [-0.25, -0.2) is 4.79 Å². The highest BCUT2D eigenvalue weighted by Gasteiger charge is 2.11. The normalized spacial score (nSPS) is 10.0. The van der Waals surface area contributed by atoms with Crippen molar-refractivity contribution in [2.24, 2.45) is 0 Å². The number of nitrogens with zero attached hydrogens (tertiary/aromatic N) is 1. The van der Waals surface area contributed by atoms with Gasteiger partial charge in [-0.05, 0) is 23.8 Å². The molecule has 0 spiro atoms. The first-order valence-electron chi connectivity index (χ1n) is 6.55. The minimum absolute atomic E-state index is 0.0877. The molecular formula is C16H12F2N2O3. The van der Waals surface area contributed by atoms with Crippen molar-refractivity contribution in [2.75, 3.05) is 5.32 Å². The molecular weight excluding hydrogens is 306 g/mol. The van der Waals surface area contributed by atoms with Crippen LogP contribution in [-0.2, 0) is 11.3 Å². The fourth-order valence-corrected chi connectivity index (χ4v) is 1.77. The summed E-state index contributed by atoms with van der Waals surface area (Å²) in [5, 5.41) is 11.3. The van der Waals surface area contributed by atoms with Crippen LogP contribution in [0.3, 0.4) is 0 Å². The van der Waals surface area contributed by atoms with Gasteiger partial charge in [0.15, 0.2) is 0 Å². The minimum atomic E-state index is -3.03. The maximum atomic E-state index is 12.2. The molecule has 0 fully saturated rings. The van der Waals surface area contributed by atoms with E-state index in [1.54, 1.807) is 18.2 Å². The Morgan fingerprint density at radius 3 is 2.61 bits per heavy atom. The van der Waals surface area contributed by atoms with Gasteiger partial charge < -0.3 is 9.47 Å². The van der Waals surface area contributed by atoms with E-state index < -0.39 is 12.7 Å². The van der Waals surface area contributed by atoms with Gasteiger partial charge in [-0.15, -0.1) is 0 Å². The number of ether oxygens (including phenoxy) is 2. The van der Waals surface area contributed by atoms with Gasteiger partial charge in [0.1, 0.15) is 18.4 Å². The Bertz CT molecular complexity index is 715. The lowest BCUT2D eigenvalue weighted by Gasteiger charge is -2.10. The van der Waals surface area contributed by atoms with E-state index in [-0.39, 0.29) is 23.6 Å². The van der Waals surface area contributed by atoms with Crippen LogP contribution in [0.4, 0.5) is 19.3 Å². The maximum absolute atomic E-state index is 12.2. The Morgan fingerprint density at radius 2 is 1.96 bits per heavy atom. The van der Waals surface area contributed by atoms with Crippen molar-refractivity contribution >= 4 is 11.8 Å². The highest BCUT2D eigenvalue weighted by atomic mass is 19.3. The molecule has 2 rings (SSSR count). The van der Waals surface area contributed by atoms with Crippen molar-refractivity contribution in [3.8, 4) is 11.8 Å². The number of carbonyl (C=O) groups excluding carboxylic acids is 1. The van der Waals surface area contributed by atoms with Crippen LogP contribution in [0.1, 0.15) is 11.1 Å². The lowest BCUT2D eigenvalue weighted by molar-refractivity contribution is -0.0500. The van der Waals surface area contributed by atoms with Crippen molar-refractivity contribution in [1.82, 2.24) is 0 Å². The van der Waals surface area contributed by atoms with Crippen LogP contribution in [0.15, 0.2) is 48.5 Å². The molecule has 0 bridgehead atoms. The molecule has 0 aliphatic carbocycles. The second kappa shape index (κ2) is 7.75. The van der Waals surface area contributed by atoms with E-state index in [4.69, 9.17) is 10.00 Å². The standard InChI is InChI=1S/C16H12F2N2O3/c17-15(18)23-14-7-6-13(8-12(14)9-19)20-16(21)22-10-11-4-2-1-3-5-11/h1-8,15H,10H2,(H,20,21). The van der Waals surface area contributed by atoms with Crippen LogP contribution < -0.4 is 10.1 Å². The Balaban J connectivity index is 1.97. The summed E-state index contributed by atoms with van der Waals surface area (Å²) in [4.78, 5) is 11.7. The molecule has 5 nitrogen and oxygen atoms in total. The van der Waals surface area contributed by atoms with E-state index in [2.05, 4.69) is 10.1 Å². The lowest BCUT2D eigenvalue weighted by atomic mass is 10.2. The zero-order valence-electron chi connectivity index (χ0n) is 11.8. The van der Waals surface area contributed by atoms with Crippen molar-refractivity contribution < 1.29 is 23.0 Å². The zero-order chi connectivity index (χ0) is 16.7. The molecule has 0 radical (unpaired) electrons. The second-order valence-corrected chi connectivity index (χ2v) is 4.39. The number of hydrogen-bond donors (Lipinski definition) is 1. The van der Waals surface area contributed by atoms with Crippen LogP contribution >= 0.6 is 0 Å². The van der Waals surface area contributed by atoms with Crippen molar-refractivity contribution in [3.05, 3.63) is 59.7 Å². The number of carbonyl (C=O) groups is 1. The van der Waals surface area contributed by atoms with Gasteiger partial charge in [-0.3, -0.25) is 5.32 Å². The summed E-state index contributed by atoms with van der Waals surface area (Å²) in [5.41, 5.74) is 0.938. The van der Waals surface area contributed by atoms with Crippen LogP contribution in [0.25, 0.3) is 0 Å². The van der Waals surface area contributed by atoms with Gasteiger partial charge in [0.25, 0.3) is 0 Å². The first-order valence-corrected chi connectivity index (χ1v) is 6.55. The first kappa shape index (κ1) is 16.2. The number of amides is 1. The molecule has 0 aliphatic heterocycles. The van der Waals surface area contributed by atoms with Crippen LogP contribution in [-0.4, -0.2) is 12.7 Å². The Labute approximate surface area is 131 Å². The Kier molecular flexibility index (Phi) is 5.47. The molecule has 2 aromatic carbocycles. The number of alkyl halides is 2.